The van der Waals surface area contributed by atoms with Crippen LogP contribution >= 0.6 is 0 Å². The number of methoxy groups -OCH3 is 1. The van der Waals surface area contributed by atoms with Gasteiger partial charge >= 0.3 is 0 Å². The molecule has 0 spiro atoms. The third-order valence-corrected chi connectivity index (χ3v) is 3.94. The number of hydrogen-bond acceptors (Lipinski definition) is 4. The number of hydrogen-bond donors (Lipinski definition) is 1. The van der Waals surface area contributed by atoms with Crippen molar-refractivity contribution in [3.8, 4) is 5.75 Å². The summed E-state index contributed by atoms with van der Waals surface area (Å²) in [7, 11) is 1.65. The van der Waals surface area contributed by atoms with Crippen LogP contribution in [0.2, 0.25) is 0 Å². The molecular formula is C16H24O4. The summed E-state index contributed by atoms with van der Waals surface area (Å²) in [5, 5.41) is 10.7. The minimum Gasteiger partial charge on any atom is -0.497 e. The van der Waals surface area contributed by atoms with Crippen molar-refractivity contribution in [1.82, 2.24) is 0 Å². The van der Waals surface area contributed by atoms with E-state index in [1.54, 1.807) is 7.11 Å². The van der Waals surface area contributed by atoms with Crippen LogP contribution in [0.5, 0.6) is 5.75 Å². The molecule has 0 radical (unpaired) electrons. The molecule has 1 saturated heterocycles. The zero-order valence-electron chi connectivity index (χ0n) is 12.3. The quantitative estimate of drug-likeness (QED) is 0.867. The Morgan fingerprint density at radius 3 is 2.75 bits per heavy atom. The van der Waals surface area contributed by atoms with Crippen LogP contribution in [0.1, 0.15) is 25.3 Å². The lowest BCUT2D eigenvalue weighted by Crippen LogP contribution is -2.50. The van der Waals surface area contributed by atoms with Gasteiger partial charge in [0.1, 0.15) is 5.75 Å². The highest BCUT2D eigenvalue weighted by Crippen LogP contribution is 2.31. The molecular weight excluding hydrogens is 256 g/mol. The number of aliphatic hydroxyl groups is 1. The van der Waals surface area contributed by atoms with Gasteiger partial charge in [0.25, 0.3) is 0 Å². The van der Waals surface area contributed by atoms with Gasteiger partial charge < -0.3 is 19.3 Å². The Morgan fingerprint density at radius 1 is 1.35 bits per heavy atom. The number of rotatable bonds is 6. The van der Waals surface area contributed by atoms with Crippen molar-refractivity contribution in [1.29, 1.82) is 0 Å². The summed E-state index contributed by atoms with van der Waals surface area (Å²) in [6, 6.07) is 7.81. The molecule has 0 aromatic heterocycles. The number of aliphatic hydroxyl groups excluding tert-OH is 1. The zero-order valence-corrected chi connectivity index (χ0v) is 12.3. The average molecular weight is 280 g/mol. The Kier molecular flexibility index (Phi) is 5.40. The second-order valence-corrected chi connectivity index (χ2v) is 5.18. The fourth-order valence-electron chi connectivity index (χ4n) is 2.79. The van der Waals surface area contributed by atoms with Gasteiger partial charge in [0.05, 0.1) is 18.8 Å². The zero-order chi connectivity index (χ0) is 14.4. The second-order valence-electron chi connectivity index (χ2n) is 5.18. The van der Waals surface area contributed by atoms with Crippen LogP contribution in [0.25, 0.3) is 0 Å². The summed E-state index contributed by atoms with van der Waals surface area (Å²) in [6.07, 6.45) is 1.52. The van der Waals surface area contributed by atoms with E-state index in [0.717, 1.165) is 24.2 Å². The van der Waals surface area contributed by atoms with E-state index in [2.05, 4.69) is 0 Å². The summed E-state index contributed by atoms with van der Waals surface area (Å²) < 4.78 is 16.5. The van der Waals surface area contributed by atoms with Gasteiger partial charge in [-0.2, -0.15) is 0 Å². The van der Waals surface area contributed by atoms with E-state index in [1.807, 2.05) is 31.2 Å². The van der Waals surface area contributed by atoms with Crippen LogP contribution in [0, 0.1) is 0 Å². The first-order chi connectivity index (χ1) is 9.70. The molecule has 1 heterocycles. The molecule has 1 N–H and O–H groups in total. The fraction of sp³-hybridized carbons (Fsp3) is 0.625. The number of ether oxygens (including phenoxy) is 3. The molecule has 1 unspecified atom stereocenters. The highest BCUT2D eigenvalue weighted by Gasteiger charge is 2.40. The van der Waals surface area contributed by atoms with E-state index in [9.17, 15) is 5.11 Å². The molecule has 0 amide bonds. The fourth-order valence-corrected chi connectivity index (χ4v) is 2.79. The van der Waals surface area contributed by atoms with E-state index >= 15 is 0 Å². The lowest BCUT2D eigenvalue weighted by molar-refractivity contribution is -0.165. The molecule has 0 aliphatic carbocycles. The molecule has 4 nitrogen and oxygen atoms in total. The predicted molar refractivity (Wildman–Crippen MR) is 77.1 cm³/mol. The third kappa shape index (κ3) is 3.51. The molecule has 1 aliphatic heterocycles. The molecule has 20 heavy (non-hydrogen) atoms. The molecule has 1 fully saturated rings. The molecule has 2 rings (SSSR count). The molecule has 0 bridgehead atoms. The first-order valence-electron chi connectivity index (χ1n) is 7.23. The van der Waals surface area contributed by atoms with Crippen LogP contribution in [-0.4, -0.2) is 43.7 Å². The summed E-state index contributed by atoms with van der Waals surface area (Å²) >= 11 is 0. The maximum absolute atomic E-state index is 10.7. The van der Waals surface area contributed by atoms with Gasteiger partial charge in [-0.3, -0.25) is 0 Å². The molecule has 1 aliphatic rings. The smallest absolute Gasteiger partial charge is 0.119 e. The largest absolute Gasteiger partial charge is 0.497 e. The predicted octanol–water partition coefficient (Wildman–Crippen LogP) is 2.18. The molecule has 1 aromatic carbocycles. The van der Waals surface area contributed by atoms with E-state index in [-0.39, 0.29) is 0 Å². The van der Waals surface area contributed by atoms with Gasteiger partial charge in [-0.15, -0.1) is 0 Å². The topological polar surface area (TPSA) is 47.9 Å². The monoisotopic (exact) mass is 280 g/mol. The van der Waals surface area contributed by atoms with Crippen LogP contribution in [0.4, 0.5) is 0 Å². The Bertz CT molecular complexity index is 407. The van der Waals surface area contributed by atoms with Crippen molar-refractivity contribution in [3.05, 3.63) is 29.8 Å². The molecule has 4 heteroatoms. The van der Waals surface area contributed by atoms with Crippen LogP contribution < -0.4 is 4.74 Å². The minimum absolute atomic E-state index is 0.476. The SMILES string of the molecule is CCOC1(C(O)Cc2cccc(OC)c2)CCOCC1. The lowest BCUT2D eigenvalue weighted by atomic mass is 9.84. The van der Waals surface area contributed by atoms with Crippen molar-refractivity contribution in [2.75, 3.05) is 26.9 Å². The lowest BCUT2D eigenvalue weighted by Gasteiger charge is -2.40. The second kappa shape index (κ2) is 7.07. The van der Waals surface area contributed by atoms with Crippen molar-refractivity contribution in [3.63, 3.8) is 0 Å². The molecule has 1 aromatic rings. The van der Waals surface area contributed by atoms with Gasteiger partial charge in [0.2, 0.25) is 0 Å². The Hall–Kier alpha value is -1.10. The Balaban J connectivity index is 2.09. The standard InChI is InChI=1S/C16H24O4/c1-3-20-16(7-9-19-10-8-16)15(17)12-13-5-4-6-14(11-13)18-2/h4-6,11,15,17H,3,7-10,12H2,1-2H3. The summed E-state index contributed by atoms with van der Waals surface area (Å²) in [5.74, 6) is 0.812. The van der Waals surface area contributed by atoms with Gasteiger partial charge in [0, 0.05) is 39.1 Å². The summed E-state index contributed by atoms with van der Waals surface area (Å²) in [4.78, 5) is 0. The highest BCUT2D eigenvalue weighted by molar-refractivity contribution is 5.29. The number of benzene rings is 1. The van der Waals surface area contributed by atoms with Crippen LogP contribution in [-0.2, 0) is 15.9 Å². The maximum atomic E-state index is 10.7. The van der Waals surface area contributed by atoms with E-state index in [4.69, 9.17) is 14.2 Å². The third-order valence-electron chi connectivity index (χ3n) is 3.94. The molecule has 1 atom stereocenters. The van der Waals surface area contributed by atoms with Gasteiger partial charge in [0.15, 0.2) is 0 Å². The van der Waals surface area contributed by atoms with Crippen LogP contribution in [0.3, 0.4) is 0 Å². The maximum Gasteiger partial charge on any atom is 0.119 e. The van der Waals surface area contributed by atoms with Gasteiger partial charge in [-0.05, 0) is 24.6 Å². The van der Waals surface area contributed by atoms with Gasteiger partial charge in [-0.1, -0.05) is 12.1 Å². The first kappa shape index (κ1) is 15.3. The van der Waals surface area contributed by atoms with Crippen LogP contribution in [0.15, 0.2) is 24.3 Å². The minimum atomic E-state index is -0.529. The normalized spacial score (nSPS) is 19.6. The van der Waals surface area contributed by atoms with Gasteiger partial charge in [-0.25, -0.2) is 0 Å². The Labute approximate surface area is 120 Å². The van der Waals surface area contributed by atoms with Crippen molar-refractivity contribution >= 4 is 0 Å². The van der Waals surface area contributed by atoms with E-state index < -0.39 is 11.7 Å². The van der Waals surface area contributed by atoms with Crippen molar-refractivity contribution in [2.24, 2.45) is 0 Å². The first-order valence-corrected chi connectivity index (χ1v) is 7.23. The average Bonchev–Trinajstić information content (AvgIpc) is 2.48. The summed E-state index contributed by atoms with van der Waals surface area (Å²) in [5.41, 5.74) is 0.582. The van der Waals surface area contributed by atoms with Crippen molar-refractivity contribution in [2.45, 2.75) is 37.9 Å². The Morgan fingerprint density at radius 2 is 2.10 bits per heavy atom. The molecule has 112 valence electrons. The highest BCUT2D eigenvalue weighted by atomic mass is 16.5. The van der Waals surface area contributed by atoms with E-state index in [1.165, 1.54) is 0 Å². The van der Waals surface area contributed by atoms with E-state index in [0.29, 0.717) is 26.2 Å². The summed E-state index contributed by atoms with van der Waals surface area (Å²) in [6.45, 7) is 3.87. The van der Waals surface area contributed by atoms with Crippen molar-refractivity contribution < 1.29 is 19.3 Å². The molecule has 0 saturated carbocycles.